The fraction of sp³-hybridized carbons (Fsp3) is 0.529. The number of nitrogens with two attached hydrogens (primary N) is 1. The van der Waals surface area contributed by atoms with Crippen molar-refractivity contribution >= 4 is 0 Å². The van der Waals surface area contributed by atoms with Gasteiger partial charge in [-0.15, -0.1) is 0 Å². The van der Waals surface area contributed by atoms with Crippen molar-refractivity contribution in [3.05, 3.63) is 47.5 Å². The first-order valence-corrected chi connectivity index (χ1v) is 8.04. The van der Waals surface area contributed by atoms with Crippen LogP contribution in [0.15, 0.2) is 30.3 Å². The van der Waals surface area contributed by atoms with Gasteiger partial charge in [0.15, 0.2) is 5.82 Å². The molecule has 1 aliphatic carbocycles. The van der Waals surface area contributed by atoms with E-state index in [0.29, 0.717) is 5.92 Å². The monoisotopic (exact) mass is 284 g/mol. The number of hydrogen-bond donors (Lipinski definition) is 2. The van der Waals surface area contributed by atoms with Crippen LogP contribution in [-0.2, 0) is 6.42 Å². The Labute approximate surface area is 126 Å². The molecule has 0 bridgehead atoms. The standard InChI is InChI=1S/C17H24N4/c18-15(13-7-3-1-4-8-13)11-12-16-19-17(21-20-16)14-9-5-2-6-10-14/h1,3-4,7-8,14-15H,2,5-6,9-12,18H2,(H,19,20,21). The zero-order chi connectivity index (χ0) is 14.5. The summed E-state index contributed by atoms with van der Waals surface area (Å²) in [6.07, 6.45) is 8.21. The van der Waals surface area contributed by atoms with E-state index in [-0.39, 0.29) is 6.04 Å². The number of aromatic amines is 1. The van der Waals surface area contributed by atoms with Crippen LogP contribution >= 0.6 is 0 Å². The first-order chi connectivity index (χ1) is 10.3. The predicted octanol–water partition coefficient (Wildman–Crippen LogP) is 3.49. The number of aromatic nitrogens is 3. The highest BCUT2D eigenvalue weighted by atomic mass is 15.2. The third kappa shape index (κ3) is 3.70. The Morgan fingerprint density at radius 3 is 2.67 bits per heavy atom. The van der Waals surface area contributed by atoms with Gasteiger partial charge in [0, 0.05) is 18.4 Å². The van der Waals surface area contributed by atoms with Crippen molar-refractivity contribution in [1.82, 2.24) is 15.2 Å². The number of nitrogens with zero attached hydrogens (tertiary/aromatic N) is 2. The van der Waals surface area contributed by atoms with Gasteiger partial charge in [-0.05, 0) is 24.8 Å². The number of benzene rings is 1. The second-order valence-corrected chi connectivity index (χ2v) is 6.03. The maximum atomic E-state index is 6.23. The van der Waals surface area contributed by atoms with E-state index in [1.165, 1.54) is 37.7 Å². The molecule has 0 aliphatic heterocycles. The minimum Gasteiger partial charge on any atom is -0.324 e. The van der Waals surface area contributed by atoms with Crippen LogP contribution in [0, 0.1) is 0 Å². The Bertz CT molecular complexity index is 543. The molecule has 1 aromatic carbocycles. The van der Waals surface area contributed by atoms with Gasteiger partial charge in [-0.2, -0.15) is 5.10 Å². The van der Waals surface area contributed by atoms with Crippen LogP contribution in [-0.4, -0.2) is 15.2 Å². The van der Waals surface area contributed by atoms with E-state index in [2.05, 4.69) is 27.3 Å². The summed E-state index contributed by atoms with van der Waals surface area (Å²) in [5, 5.41) is 7.51. The highest BCUT2D eigenvalue weighted by Crippen LogP contribution is 2.30. The number of aryl methyl sites for hydroxylation is 1. The number of nitrogens with one attached hydrogen (secondary N) is 1. The van der Waals surface area contributed by atoms with E-state index < -0.39 is 0 Å². The average molecular weight is 284 g/mol. The molecule has 1 saturated carbocycles. The van der Waals surface area contributed by atoms with E-state index in [4.69, 9.17) is 5.73 Å². The quantitative estimate of drug-likeness (QED) is 0.883. The molecule has 3 rings (SSSR count). The summed E-state index contributed by atoms with van der Waals surface area (Å²) in [7, 11) is 0. The van der Waals surface area contributed by atoms with Crippen LogP contribution in [0.25, 0.3) is 0 Å². The molecule has 21 heavy (non-hydrogen) atoms. The third-order valence-corrected chi connectivity index (χ3v) is 4.44. The van der Waals surface area contributed by atoms with Crippen molar-refractivity contribution in [2.24, 2.45) is 5.73 Å². The van der Waals surface area contributed by atoms with Crippen molar-refractivity contribution in [2.45, 2.75) is 56.9 Å². The minimum atomic E-state index is 0.0643. The van der Waals surface area contributed by atoms with Crippen LogP contribution in [0.1, 0.15) is 67.7 Å². The number of rotatable bonds is 5. The summed E-state index contributed by atoms with van der Waals surface area (Å²) in [4.78, 5) is 4.68. The lowest BCUT2D eigenvalue weighted by Gasteiger charge is -2.18. The molecule has 1 unspecified atom stereocenters. The Hall–Kier alpha value is -1.68. The molecular weight excluding hydrogens is 260 g/mol. The van der Waals surface area contributed by atoms with Crippen LogP contribution < -0.4 is 5.73 Å². The van der Waals surface area contributed by atoms with Crippen LogP contribution in [0.4, 0.5) is 0 Å². The largest absolute Gasteiger partial charge is 0.324 e. The Balaban J connectivity index is 1.55. The van der Waals surface area contributed by atoms with Gasteiger partial charge in [0.25, 0.3) is 0 Å². The number of H-pyrrole nitrogens is 1. The first-order valence-electron chi connectivity index (χ1n) is 8.04. The third-order valence-electron chi connectivity index (χ3n) is 4.44. The lowest BCUT2D eigenvalue weighted by molar-refractivity contribution is 0.429. The topological polar surface area (TPSA) is 67.6 Å². The minimum absolute atomic E-state index is 0.0643. The molecule has 1 atom stereocenters. The van der Waals surface area contributed by atoms with Gasteiger partial charge < -0.3 is 5.73 Å². The van der Waals surface area contributed by atoms with Crippen LogP contribution in [0.2, 0.25) is 0 Å². The van der Waals surface area contributed by atoms with E-state index >= 15 is 0 Å². The Kier molecular flexibility index (Phi) is 4.65. The molecule has 4 nitrogen and oxygen atoms in total. The summed E-state index contributed by atoms with van der Waals surface area (Å²) in [6, 6.07) is 10.3. The highest BCUT2D eigenvalue weighted by Gasteiger charge is 2.19. The van der Waals surface area contributed by atoms with Gasteiger partial charge in [0.2, 0.25) is 0 Å². The molecule has 0 amide bonds. The molecule has 112 valence electrons. The maximum absolute atomic E-state index is 6.23. The fourth-order valence-corrected chi connectivity index (χ4v) is 3.12. The van der Waals surface area contributed by atoms with Gasteiger partial charge in [-0.1, -0.05) is 49.6 Å². The lowest BCUT2D eigenvalue weighted by atomic mass is 9.89. The van der Waals surface area contributed by atoms with Crippen LogP contribution in [0.3, 0.4) is 0 Å². The maximum Gasteiger partial charge on any atom is 0.153 e. The van der Waals surface area contributed by atoms with E-state index in [1.807, 2.05) is 18.2 Å². The smallest absolute Gasteiger partial charge is 0.153 e. The van der Waals surface area contributed by atoms with Crippen molar-refractivity contribution in [3.8, 4) is 0 Å². The molecule has 0 saturated heterocycles. The summed E-state index contributed by atoms with van der Waals surface area (Å²) >= 11 is 0. The van der Waals surface area contributed by atoms with Crippen molar-refractivity contribution < 1.29 is 0 Å². The average Bonchev–Trinajstić information content (AvgIpc) is 3.03. The summed E-state index contributed by atoms with van der Waals surface area (Å²) in [5.74, 6) is 2.55. The van der Waals surface area contributed by atoms with Crippen molar-refractivity contribution in [3.63, 3.8) is 0 Å². The van der Waals surface area contributed by atoms with Gasteiger partial charge >= 0.3 is 0 Å². The molecule has 1 aliphatic rings. The molecule has 1 heterocycles. The Morgan fingerprint density at radius 1 is 1.14 bits per heavy atom. The van der Waals surface area contributed by atoms with E-state index in [9.17, 15) is 0 Å². The first kappa shape index (κ1) is 14.3. The molecule has 1 fully saturated rings. The van der Waals surface area contributed by atoms with Gasteiger partial charge in [0.05, 0.1) is 0 Å². The molecule has 0 spiro atoms. The number of hydrogen-bond acceptors (Lipinski definition) is 3. The summed E-state index contributed by atoms with van der Waals surface area (Å²) in [6.45, 7) is 0. The molecule has 4 heteroatoms. The highest BCUT2D eigenvalue weighted by molar-refractivity contribution is 5.18. The van der Waals surface area contributed by atoms with Crippen molar-refractivity contribution in [2.75, 3.05) is 0 Å². The predicted molar refractivity (Wildman–Crippen MR) is 83.9 cm³/mol. The fourth-order valence-electron chi connectivity index (χ4n) is 3.12. The SMILES string of the molecule is NC(CCc1nc(C2CCCCC2)n[nH]1)c1ccccc1. The second kappa shape index (κ2) is 6.85. The molecule has 0 radical (unpaired) electrons. The Morgan fingerprint density at radius 2 is 1.90 bits per heavy atom. The van der Waals surface area contributed by atoms with Gasteiger partial charge in [-0.25, -0.2) is 4.98 Å². The summed E-state index contributed by atoms with van der Waals surface area (Å²) < 4.78 is 0. The normalized spacial score (nSPS) is 17.8. The summed E-state index contributed by atoms with van der Waals surface area (Å²) in [5.41, 5.74) is 7.42. The lowest BCUT2D eigenvalue weighted by Crippen LogP contribution is -2.11. The van der Waals surface area contributed by atoms with Crippen LogP contribution in [0.5, 0.6) is 0 Å². The molecule has 3 N–H and O–H groups in total. The molecule has 2 aromatic rings. The zero-order valence-corrected chi connectivity index (χ0v) is 12.5. The van der Waals surface area contributed by atoms with Gasteiger partial charge in [0.1, 0.15) is 5.82 Å². The second-order valence-electron chi connectivity index (χ2n) is 6.03. The zero-order valence-electron chi connectivity index (χ0n) is 12.5. The van der Waals surface area contributed by atoms with Gasteiger partial charge in [-0.3, -0.25) is 5.10 Å². The van der Waals surface area contributed by atoms with Crippen molar-refractivity contribution in [1.29, 1.82) is 0 Å². The van der Waals surface area contributed by atoms with E-state index in [0.717, 1.165) is 24.5 Å². The van der Waals surface area contributed by atoms with E-state index in [1.54, 1.807) is 0 Å². The molecule has 1 aromatic heterocycles. The molecular formula is C17H24N4.